The number of nitrogens with zero attached hydrogens (tertiary/aromatic N) is 3. The second-order valence-corrected chi connectivity index (χ2v) is 9.37. The Morgan fingerprint density at radius 1 is 1.03 bits per heavy atom. The Labute approximate surface area is 212 Å². The molecule has 192 valence electrons. The molecule has 1 heterocycles. The molecule has 2 aromatic carbocycles. The molecule has 0 spiro atoms. The third-order valence-corrected chi connectivity index (χ3v) is 6.24. The van der Waals surface area contributed by atoms with E-state index < -0.39 is 12.2 Å². The molecule has 1 aliphatic heterocycles. The van der Waals surface area contributed by atoms with Gasteiger partial charge in [0.15, 0.2) is 0 Å². The molecule has 1 saturated heterocycles. The van der Waals surface area contributed by atoms with Crippen LogP contribution in [-0.2, 0) is 9.53 Å². The van der Waals surface area contributed by atoms with Crippen LogP contribution >= 0.6 is 0 Å². The lowest BCUT2D eigenvalue weighted by molar-refractivity contribution is -0.136. The largest absolute Gasteiger partial charge is 0.356 e. The predicted octanol–water partition coefficient (Wildman–Crippen LogP) is 3.57. The van der Waals surface area contributed by atoms with Crippen molar-refractivity contribution >= 4 is 11.8 Å². The van der Waals surface area contributed by atoms with Gasteiger partial charge in [-0.15, -0.1) is 0 Å². The van der Waals surface area contributed by atoms with Gasteiger partial charge in [-0.25, -0.2) is 4.39 Å². The van der Waals surface area contributed by atoms with Gasteiger partial charge in [-0.2, -0.15) is 5.26 Å². The summed E-state index contributed by atoms with van der Waals surface area (Å²) in [5.74, 6) is -0.151. The van der Waals surface area contributed by atoms with Crippen LogP contribution in [0.4, 0.5) is 4.39 Å². The van der Waals surface area contributed by atoms with E-state index in [0.717, 1.165) is 11.1 Å². The molecular weight excluding hydrogens is 459 g/mol. The number of ether oxygens (including phenoxy) is 1. The van der Waals surface area contributed by atoms with Crippen LogP contribution in [0.3, 0.4) is 0 Å². The maximum Gasteiger partial charge on any atom is 0.253 e. The SMILES string of the molecule is CC(C)CC(OC(c1ccccc1)c1ccc(C(=O)N2CCN(CCF)CC2)cc1)C(=O)NCC#N. The Bertz CT molecular complexity index is 1020. The Hall–Kier alpha value is -3.28. The van der Waals surface area contributed by atoms with Crippen LogP contribution in [0.25, 0.3) is 0 Å². The first-order valence-corrected chi connectivity index (χ1v) is 12.5. The molecule has 2 aromatic rings. The average molecular weight is 495 g/mol. The molecule has 1 aliphatic rings. The van der Waals surface area contributed by atoms with Gasteiger partial charge in [-0.05, 0) is 35.6 Å². The van der Waals surface area contributed by atoms with Gasteiger partial charge < -0.3 is 15.0 Å². The van der Waals surface area contributed by atoms with Gasteiger partial charge in [-0.3, -0.25) is 14.5 Å². The van der Waals surface area contributed by atoms with Crippen LogP contribution in [0, 0.1) is 17.2 Å². The molecule has 0 radical (unpaired) electrons. The van der Waals surface area contributed by atoms with Crippen molar-refractivity contribution in [2.24, 2.45) is 5.92 Å². The van der Waals surface area contributed by atoms with E-state index in [9.17, 15) is 14.0 Å². The van der Waals surface area contributed by atoms with Gasteiger partial charge >= 0.3 is 0 Å². The van der Waals surface area contributed by atoms with Crippen molar-refractivity contribution in [1.82, 2.24) is 15.1 Å². The third-order valence-electron chi connectivity index (χ3n) is 6.24. The van der Waals surface area contributed by atoms with E-state index in [-0.39, 0.29) is 31.0 Å². The summed E-state index contributed by atoms with van der Waals surface area (Å²) >= 11 is 0. The summed E-state index contributed by atoms with van der Waals surface area (Å²) in [6, 6.07) is 18.9. The fourth-order valence-electron chi connectivity index (χ4n) is 4.31. The number of alkyl halides is 1. The van der Waals surface area contributed by atoms with Crippen LogP contribution in [-0.4, -0.2) is 73.7 Å². The lowest BCUT2D eigenvalue weighted by Gasteiger charge is -2.34. The number of halogens is 1. The van der Waals surface area contributed by atoms with Crippen LogP contribution in [0.1, 0.15) is 47.9 Å². The zero-order valence-electron chi connectivity index (χ0n) is 21.0. The summed E-state index contributed by atoms with van der Waals surface area (Å²) < 4.78 is 19.0. The number of amides is 2. The highest BCUT2D eigenvalue weighted by Gasteiger charge is 2.27. The summed E-state index contributed by atoms with van der Waals surface area (Å²) in [4.78, 5) is 29.6. The number of nitrogens with one attached hydrogen (secondary N) is 1. The molecule has 0 saturated carbocycles. The standard InChI is InChI=1S/C28H35FN4O3/c1-21(2)20-25(27(34)31-14-13-30)36-26(22-6-4-3-5-7-22)23-8-10-24(11-9-23)28(35)33-18-16-32(15-12-29)17-19-33/h3-11,21,25-26H,12,14-20H2,1-2H3,(H,31,34). The highest BCUT2D eigenvalue weighted by molar-refractivity contribution is 5.94. The Kier molecular flexibility index (Phi) is 10.4. The first-order chi connectivity index (χ1) is 17.4. The second kappa shape index (κ2) is 13.7. The van der Waals surface area contributed by atoms with Crippen molar-refractivity contribution in [3.63, 3.8) is 0 Å². The maximum atomic E-state index is 13.0. The van der Waals surface area contributed by atoms with E-state index in [1.807, 2.05) is 67.3 Å². The number of nitriles is 1. The number of hydrogen-bond acceptors (Lipinski definition) is 5. The summed E-state index contributed by atoms with van der Waals surface area (Å²) in [6.45, 7) is 6.47. The van der Waals surface area contributed by atoms with Crippen LogP contribution in [0.5, 0.6) is 0 Å². The molecule has 8 heteroatoms. The second-order valence-electron chi connectivity index (χ2n) is 9.37. The monoisotopic (exact) mass is 494 g/mol. The minimum absolute atomic E-state index is 0.0489. The molecule has 0 aliphatic carbocycles. The Morgan fingerprint density at radius 3 is 2.25 bits per heavy atom. The van der Waals surface area contributed by atoms with Gasteiger partial charge in [0.25, 0.3) is 5.91 Å². The summed E-state index contributed by atoms with van der Waals surface area (Å²) in [5.41, 5.74) is 2.30. The number of carbonyl (C=O) groups excluding carboxylic acids is 2. The van der Waals surface area contributed by atoms with Crippen molar-refractivity contribution in [2.75, 3.05) is 45.9 Å². The molecule has 0 aromatic heterocycles. The van der Waals surface area contributed by atoms with Crippen molar-refractivity contribution in [3.8, 4) is 6.07 Å². The van der Waals surface area contributed by atoms with Crippen molar-refractivity contribution in [3.05, 3.63) is 71.3 Å². The van der Waals surface area contributed by atoms with Crippen molar-refractivity contribution in [1.29, 1.82) is 5.26 Å². The predicted molar refractivity (Wildman–Crippen MR) is 136 cm³/mol. The fraction of sp³-hybridized carbons (Fsp3) is 0.464. The molecular formula is C28H35FN4O3. The minimum atomic E-state index is -0.731. The highest BCUT2D eigenvalue weighted by Crippen LogP contribution is 2.29. The molecule has 1 N–H and O–H groups in total. The van der Waals surface area contributed by atoms with Gasteiger partial charge in [0, 0.05) is 38.3 Å². The van der Waals surface area contributed by atoms with E-state index >= 15 is 0 Å². The number of benzene rings is 2. The number of carbonyl (C=O) groups is 2. The lowest BCUT2D eigenvalue weighted by Crippen LogP contribution is -2.49. The van der Waals surface area contributed by atoms with Gasteiger partial charge in [-0.1, -0.05) is 56.3 Å². The molecule has 2 atom stereocenters. The zero-order valence-corrected chi connectivity index (χ0v) is 21.0. The molecule has 7 nitrogen and oxygen atoms in total. The van der Waals surface area contributed by atoms with E-state index in [0.29, 0.717) is 44.7 Å². The third kappa shape index (κ3) is 7.61. The number of piperazine rings is 1. The quantitative estimate of drug-likeness (QED) is 0.483. The number of hydrogen-bond donors (Lipinski definition) is 1. The summed E-state index contributed by atoms with van der Waals surface area (Å²) in [6.07, 6.45) is -0.743. The topological polar surface area (TPSA) is 85.7 Å². The van der Waals surface area contributed by atoms with E-state index in [2.05, 4.69) is 5.32 Å². The Morgan fingerprint density at radius 2 is 1.67 bits per heavy atom. The molecule has 3 rings (SSSR count). The van der Waals surface area contributed by atoms with Crippen LogP contribution in [0.2, 0.25) is 0 Å². The normalized spacial score (nSPS) is 15.8. The van der Waals surface area contributed by atoms with Gasteiger partial charge in [0.1, 0.15) is 25.4 Å². The first-order valence-electron chi connectivity index (χ1n) is 12.5. The van der Waals surface area contributed by atoms with Crippen molar-refractivity contribution in [2.45, 2.75) is 32.5 Å². The molecule has 0 bridgehead atoms. The van der Waals surface area contributed by atoms with E-state index in [1.54, 1.807) is 17.0 Å². The van der Waals surface area contributed by atoms with E-state index in [4.69, 9.17) is 10.00 Å². The lowest BCUT2D eigenvalue weighted by atomic mass is 9.98. The molecule has 2 unspecified atom stereocenters. The number of rotatable bonds is 11. The molecule has 36 heavy (non-hydrogen) atoms. The van der Waals surface area contributed by atoms with Crippen LogP contribution in [0.15, 0.2) is 54.6 Å². The molecule has 1 fully saturated rings. The summed E-state index contributed by atoms with van der Waals surface area (Å²) in [7, 11) is 0. The van der Waals surface area contributed by atoms with Gasteiger partial charge in [0.05, 0.1) is 6.07 Å². The zero-order chi connectivity index (χ0) is 25.9. The minimum Gasteiger partial charge on any atom is -0.356 e. The maximum absolute atomic E-state index is 13.0. The Balaban J connectivity index is 1.79. The highest BCUT2D eigenvalue weighted by atomic mass is 19.1. The summed E-state index contributed by atoms with van der Waals surface area (Å²) in [5, 5.41) is 11.5. The average Bonchev–Trinajstić information content (AvgIpc) is 2.90. The molecule has 2 amide bonds. The van der Waals surface area contributed by atoms with Crippen LogP contribution < -0.4 is 5.32 Å². The smallest absolute Gasteiger partial charge is 0.253 e. The first kappa shape index (κ1) is 27.3. The fourth-order valence-corrected chi connectivity index (χ4v) is 4.31. The van der Waals surface area contributed by atoms with E-state index in [1.165, 1.54) is 0 Å². The van der Waals surface area contributed by atoms with Crippen molar-refractivity contribution < 1.29 is 18.7 Å². The van der Waals surface area contributed by atoms with Gasteiger partial charge in [0.2, 0.25) is 5.91 Å².